The minimum absolute atomic E-state index is 0.373. The molecule has 3 heteroatoms. The van der Waals surface area contributed by atoms with Gasteiger partial charge in [-0.15, -0.1) is 0 Å². The van der Waals surface area contributed by atoms with Gasteiger partial charge < -0.3 is 14.3 Å². The molecule has 0 spiro atoms. The average molecular weight is 194 g/mol. The fraction of sp³-hybridized carbons (Fsp3) is 0.364. The molecule has 0 radical (unpaired) electrons. The summed E-state index contributed by atoms with van der Waals surface area (Å²) in [4.78, 5) is 10.5. The van der Waals surface area contributed by atoms with Crippen LogP contribution in [0.2, 0.25) is 0 Å². The van der Waals surface area contributed by atoms with Crippen LogP contribution >= 0.6 is 0 Å². The Morgan fingerprint density at radius 3 is 2.79 bits per heavy atom. The topological polar surface area (TPSA) is 35.5 Å². The van der Waals surface area contributed by atoms with Crippen molar-refractivity contribution in [1.82, 2.24) is 0 Å². The van der Waals surface area contributed by atoms with Gasteiger partial charge in [-0.25, -0.2) is 0 Å². The first kappa shape index (κ1) is 10.7. The van der Waals surface area contributed by atoms with Crippen molar-refractivity contribution < 1.29 is 14.3 Å². The SMILES string of the molecule is COc1cccc(CC(C=O)OC)c1. The predicted octanol–water partition coefficient (Wildman–Crippen LogP) is 1.45. The van der Waals surface area contributed by atoms with Crippen molar-refractivity contribution in [1.29, 1.82) is 0 Å². The molecule has 0 heterocycles. The molecule has 0 aliphatic heterocycles. The molecule has 3 nitrogen and oxygen atoms in total. The van der Waals surface area contributed by atoms with Crippen LogP contribution in [0.3, 0.4) is 0 Å². The van der Waals surface area contributed by atoms with Gasteiger partial charge in [0.15, 0.2) is 0 Å². The molecule has 1 aromatic carbocycles. The Bertz CT molecular complexity index is 296. The maximum absolute atomic E-state index is 10.5. The van der Waals surface area contributed by atoms with E-state index in [4.69, 9.17) is 9.47 Å². The fourth-order valence-corrected chi connectivity index (χ4v) is 1.22. The number of carbonyl (C=O) groups is 1. The molecule has 0 saturated carbocycles. The quantitative estimate of drug-likeness (QED) is 0.665. The molecule has 0 aliphatic carbocycles. The summed E-state index contributed by atoms with van der Waals surface area (Å²) in [6.07, 6.45) is 1.01. The van der Waals surface area contributed by atoms with Gasteiger partial charge in [0, 0.05) is 13.5 Å². The first-order valence-corrected chi connectivity index (χ1v) is 4.41. The highest BCUT2D eigenvalue weighted by Crippen LogP contribution is 2.14. The minimum atomic E-state index is -0.373. The van der Waals surface area contributed by atoms with Crippen molar-refractivity contribution in [3.05, 3.63) is 29.8 Å². The zero-order valence-corrected chi connectivity index (χ0v) is 8.40. The number of rotatable bonds is 5. The third kappa shape index (κ3) is 2.85. The molecular weight excluding hydrogens is 180 g/mol. The number of hydrogen-bond donors (Lipinski definition) is 0. The molecule has 0 fully saturated rings. The molecule has 1 rings (SSSR count). The smallest absolute Gasteiger partial charge is 0.149 e. The summed E-state index contributed by atoms with van der Waals surface area (Å²) in [5.41, 5.74) is 1.03. The molecule has 1 aromatic rings. The van der Waals surface area contributed by atoms with Crippen molar-refractivity contribution in [3.63, 3.8) is 0 Å². The summed E-state index contributed by atoms with van der Waals surface area (Å²) < 4.78 is 10.0. The van der Waals surface area contributed by atoms with E-state index in [9.17, 15) is 4.79 Å². The zero-order valence-electron chi connectivity index (χ0n) is 8.40. The van der Waals surface area contributed by atoms with Crippen LogP contribution in [-0.4, -0.2) is 26.6 Å². The van der Waals surface area contributed by atoms with E-state index in [0.717, 1.165) is 17.6 Å². The molecule has 0 aromatic heterocycles. The average Bonchev–Trinajstić information content (AvgIpc) is 2.26. The van der Waals surface area contributed by atoms with E-state index in [-0.39, 0.29) is 6.10 Å². The first-order valence-electron chi connectivity index (χ1n) is 4.41. The summed E-state index contributed by atoms with van der Waals surface area (Å²) in [6, 6.07) is 7.60. The lowest BCUT2D eigenvalue weighted by Gasteiger charge is -2.08. The van der Waals surface area contributed by atoms with Crippen molar-refractivity contribution in [2.45, 2.75) is 12.5 Å². The molecule has 76 valence electrons. The lowest BCUT2D eigenvalue weighted by Crippen LogP contribution is -2.15. The summed E-state index contributed by atoms with van der Waals surface area (Å²) >= 11 is 0. The van der Waals surface area contributed by atoms with Crippen LogP contribution in [0, 0.1) is 0 Å². The number of carbonyl (C=O) groups excluding carboxylic acids is 1. The van der Waals surface area contributed by atoms with Crippen LogP contribution in [-0.2, 0) is 16.0 Å². The summed E-state index contributed by atoms with van der Waals surface area (Å²) in [6.45, 7) is 0. The third-order valence-electron chi connectivity index (χ3n) is 2.03. The van der Waals surface area contributed by atoms with E-state index in [0.29, 0.717) is 6.42 Å². The molecule has 0 saturated heterocycles. The maximum Gasteiger partial charge on any atom is 0.149 e. The number of methoxy groups -OCH3 is 2. The lowest BCUT2D eigenvalue weighted by atomic mass is 10.1. The lowest BCUT2D eigenvalue weighted by molar-refractivity contribution is -0.116. The first-order chi connectivity index (χ1) is 6.80. The normalized spacial score (nSPS) is 12.1. The zero-order chi connectivity index (χ0) is 10.4. The summed E-state index contributed by atoms with van der Waals surface area (Å²) in [7, 11) is 3.14. The van der Waals surface area contributed by atoms with Crippen LogP contribution in [0.1, 0.15) is 5.56 Å². The third-order valence-corrected chi connectivity index (χ3v) is 2.03. The molecule has 1 atom stereocenters. The Hall–Kier alpha value is -1.35. The number of ether oxygens (including phenoxy) is 2. The fourth-order valence-electron chi connectivity index (χ4n) is 1.22. The minimum Gasteiger partial charge on any atom is -0.497 e. The predicted molar refractivity (Wildman–Crippen MR) is 53.6 cm³/mol. The van der Waals surface area contributed by atoms with E-state index in [2.05, 4.69) is 0 Å². The second kappa shape index (κ2) is 5.40. The van der Waals surface area contributed by atoms with Crippen molar-refractivity contribution >= 4 is 6.29 Å². The Morgan fingerprint density at radius 2 is 2.21 bits per heavy atom. The van der Waals surface area contributed by atoms with Crippen molar-refractivity contribution in [2.75, 3.05) is 14.2 Å². The highest BCUT2D eigenvalue weighted by Gasteiger charge is 2.06. The van der Waals surface area contributed by atoms with Crippen LogP contribution in [0.5, 0.6) is 5.75 Å². The molecule has 0 amide bonds. The van der Waals surface area contributed by atoms with Crippen LogP contribution < -0.4 is 4.74 Å². The maximum atomic E-state index is 10.5. The standard InChI is InChI=1S/C11H14O3/c1-13-10-5-3-4-9(6-10)7-11(8-12)14-2/h3-6,8,11H,7H2,1-2H3. The van der Waals surface area contributed by atoms with Crippen LogP contribution in [0.4, 0.5) is 0 Å². The Balaban J connectivity index is 2.70. The van der Waals surface area contributed by atoms with Crippen molar-refractivity contribution in [2.24, 2.45) is 0 Å². The second-order valence-corrected chi connectivity index (χ2v) is 2.97. The van der Waals surface area contributed by atoms with Gasteiger partial charge in [-0.3, -0.25) is 0 Å². The highest BCUT2D eigenvalue weighted by molar-refractivity contribution is 5.56. The van der Waals surface area contributed by atoms with Gasteiger partial charge in [-0.2, -0.15) is 0 Å². The largest absolute Gasteiger partial charge is 0.497 e. The van der Waals surface area contributed by atoms with Gasteiger partial charge in [0.25, 0.3) is 0 Å². The van der Waals surface area contributed by atoms with Crippen LogP contribution in [0.15, 0.2) is 24.3 Å². The summed E-state index contributed by atoms with van der Waals surface area (Å²) in [5.74, 6) is 0.795. The van der Waals surface area contributed by atoms with Gasteiger partial charge in [0.1, 0.15) is 18.1 Å². The Labute approximate surface area is 83.6 Å². The van der Waals surface area contributed by atoms with Gasteiger partial charge in [-0.05, 0) is 17.7 Å². The van der Waals surface area contributed by atoms with Gasteiger partial charge >= 0.3 is 0 Å². The van der Waals surface area contributed by atoms with E-state index < -0.39 is 0 Å². The number of hydrogen-bond acceptors (Lipinski definition) is 3. The van der Waals surface area contributed by atoms with E-state index in [1.807, 2.05) is 24.3 Å². The second-order valence-electron chi connectivity index (χ2n) is 2.97. The number of benzene rings is 1. The summed E-state index contributed by atoms with van der Waals surface area (Å²) in [5, 5.41) is 0. The molecule has 0 bridgehead atoms. The monoisotopic (exact) mass is 194 g/mol. The van der Waals surface area contributed by atoms with E-state index in [1.54, 1.807) is 7.11 Å². The van der Waals surface area contributed by atoms with Gasteiger partial charge in [0.2, 0.25) is 0 Å². The number of aldehydes is 1. The molecule has 14 heavy (non-hydrogen) atoms. The highest BCUT2D eigenvalue weighted by atomic mass is 16.5. The molecular formula is C11H14O3. The Kier molecular flexibility index (Phi) is 4.13. The van der Waals surface area contributed by atoms with E-state index in [1.165, 1.54) is 7.11 Å². The molecule has 0 N–H and O–H groups in total. The molecule has 0 aliphatic rings. The van der Waals surface area contributed by atoms with Crippen LogP contribution in [0.25, 0.3) is 0 Å². The van der Waals surface area contributed by atoms with E-state index >= 15 is 0 Å². The van der Waals surface area contributed by atoms with Crippen molar-refractivity contribution in [3.8, 4) is 5.75 Å². The van der Waals surface area contributed by atoms with Gasteiger partial charge in [0.05, 0.1) is 7.11 Å². The molecule has 1 unspecified atom stereocenters. The van der Waals surface area contributed by atoms with Gasteiger partial charge in [-0.1, -0.05) is 12.1 Å². The Morgan fingerprint density at radius 1 is 1.43 bits per heavy atom.